The van der Waals surface area contributed by atoms with E-state index in [1.54, 1.807) is 140 Å². The maximum Gasteiger partial charge on any atom is 0.338 e. The van der Waals surface area contributed by atoms with Crippen LogP contribution in [0, 0.1) is 0 Å². The van der Waals surface area contributed by atoms with E-state index in [0.717, 1.165) is 6.92 Å². The van der Waals surface area contributed by atoms with Crippen LogP contribution >= 0.6 is 0 Å². The maximum absolute atomic E-state index is 15.0. The third-order valence-corrected chi connectivity index (χ3v) is 15.8. The van der Waals surface area contributed by atoms with E-state index >= 15 is 4.79 Å². The molecular weight excluding hydrogens is 1260 g/mol. The van der Waals surface area contributed by atoms with Gasteiger partial charge < -0.3 is 71.1 Å². The van der Waals surface area contributed by atoms with Gasteiger partial charge in [-0.3, -0.25) is 4.79 Å². The van der Waals surface area contributed by atoms with Crippen LogP contribution in [0.3, 0.4) is 0 Å². The van der Waals surface area contributed by atoms with Crippen molar-refractivity contribution >= 4 is 41.8 Å². The molecule has 4 saturated heterocycles. The molecule has 97 heavy (non-hydrogen) atoms. The molecule has 0 bridgehead atoms. The van der Waals surface area contributed by atoms with Crippen LogP contribution in [0.25, 0.3) is 10.4 Å². The van der Waals surface area contributed by atoms with Gasteiger partial charge in [-0.05, 0) is 78.3 Å². The lowest BCUT2D eigenvalue weighted by Crippen LogP contribution is -2.69. The van der Waals surface area contributed by atoms with Crippen molar-refractivity contribution in [1.82, 2.24) is 0 Å². The average Bonchev–Trinajstić information content (AvgIpc) is 0.769. The zero-order chi connectivity index (χ0) is 67.6. The minimum Gasteiger partial charge on any atom is -0.459 e. The Morgan fingerprint density at radius 1 is 0.454 bits per heavy atom. The molecule has 0 spiro atoms. The summed E-state index contributed by atoms with van der Waals surface area (Å²) in [5.41, 5.74) is 11.1. The second kappa shape index (κ2) is 32.8. The molecule has 1 unspecified atom stereocenters. The van der Waals surface area contributed by atoms with Gasteiger partial charge in [0.2, 0.25) is 0 Å². The van der Waals surface area contributed by atoms with Crippen LogP contribution in [0.15, 0.2) is 230 Å². The molecule has 7 aromatic carbocycles. The van der Waals surface area contributed by atoms with Crippen LogP contribution in [0.1, 0.15) is 80.9 Å². The van der Waals surface area contributed by atoms with Crippen LogP contribution < -0.4 is 0 Å². The summed E-state index contributed by atoms with van der Waals surface area (Å²) in [5, 5.41) is 4.05. The Hall–Kier alpha value is -10.4. The van der Waals surface area contributed by atoms with Crippen molar-refractivity contribution in [3.05, 3.63) is 274 Å². The monoisotopic (exact) mass is 1320 g/mol. The van der Waals surface area contributed by atoms with Gasteiger partial charge in [0.25, 0.3) is 0 Å². The van der Waals surface area contributed by atoms with E-state index in [1.807, 2.05) is 0 Å². The largest absolute Gasteiger partial charge is 0.459 e. The van der Waals surface area contributed by atoms with E-state index in [0.29, 0.717) is 5.56 Å². The molecule has 25 heteroatoms. The summed E-state index contributed by atoms with van der Waals surface area (Å²) < 4.78 is 96.8. The normalized spacial score (nSPS) is 26.5. The lowest BCUT2D eigenvalue weighted by Gasteiger charge is -2.51. The van der Waals surface area contributed by atoms with Crippen molar-refractivity contribution < 1.29 is 105 Å². The first kappa shape index (κ1) is 68.0. The van der Waals surface area contributed by atoms with Crippen molar-refractivity contribution in [3.8, 4) is 0 Å². The number of rotatable bonds is 24. The summed E-state index contributed by atoms with van der Waals surface area (Å²) in [7, 11) is 0. The highest BCUT2D eigenvalue weighted by Gasteiger charge is 2.60. The molecule has 4 aliphatic heterocycles. The molecule has 4 fully saturated rings. The number of fused-ring (bicyclic) bond motifs is 1. The molecule has 0 aromatic heterocycles. The molecule has 0 saturated carbocycles. The number of carbonyl (C=O) groups is 7. The molecule has 25 nitrogen and oxygen atoms in total. The zero-order valence-electron chi connectivity index (χ0n) is 51.9. The molecular formula is C72H65N3O22. The van der Waals surface area contributed by atoms with Crippen LogP contribution in [0.4, 0.5) is 0 Å². The molecule has 500 valence electrons. The SMILES string of the molecule is C=CCO[C@@H]1O[C@H](COC(=O)c2ccccc2)[C@@H](O[C@@H]2O[C@H](COC(=O)c3ccccc3)[C@H](O[C@H]3O[C@@H]4COC(c5ccccc5)O[C@@H]4[C@H](OC(C)=O)[C@H]3N=[N+]=[N-])[C@H](OC(=O)c3ccccc3)[C@H]2OC(=O)c2ccccc2)[C@H](OC(=O)c2ccccc2)[C@H]1OC(=O)c1ccccc1. The van der Waals surface area contributed by atoms with Crippen molar-refractivity contribution in [1.29, 1.82) is 0 Å². The van der Waals surface area contributed by atoms with Crippen LogP contribution in [-0.4, -0.2) is 160 Å². The van der Waals surface area contributed by atoms with E-state index in [-0.39, 0.29) is 46.6 Å². The van der Waals surface area contributed by atoms with Crippen molar-refractivity contribution in [2.24, 2.45) is 5.11 Å². The zero-order valence-corrected chi connectivity index (χ0v) is 51.9. The van der Waals surface area contributed by atoms with Gasteiger partial charge in [0, 0.05) is 17.4 Å². The Kier molecular flexibility index (Phi) is 23.0. The third kappa shape index (κ3) is 17.0. The highest BCUT2D eigenvalue weighted by molar-refractivity contribution is 5.92. The Bertz CT molecular complexity index is 3860. The maximum atomic E-state index is 15.0. The fraction of sp³-hybridized carbons (Fsp3) is 0.292. The predicted octanol–water partition coefficient (Wildman–Crippen LogP) is 9.48. The number of nitrogens with zero attached hydrogens (tertiary/aromatic N) is 3. The quantitative estimate of drug-likeness (QED) is 0.0136. The molecule has 16 atom stereocenters. The van der Waals surface area contributed by atoms with E-state index in [9.17, 15) is 34.3 Å². The van der Waals surface area contributed by atoms with Gasteiger partial charge in [0.1, 0.15) is 62.0 Å². The first-order valence-corrected chi connectivity index (χ1v) is 30.9. The topological polar surface area (TPSA) is 307 Å². The van der Waals surface area contributed by atoms with Gasteiger partial charge in [0.15, 0.2) is 49.6 Å². The molecule has 0 aliphatic carbocycles. The van der Waals surface area contributed by atoms with Gasteiger partial charge in [0.05, 0.1) is 46.6 Å². The fourth-order valence-electron chi connectivity index (χ4n) is 11.2. The van der Waals surface area contributed by atoms with Gasteiger partial charge in [-0.1, -0.05) is 151 Å². The summed E-state index contributed by atoms with van der Waals surface area (Å²) in [6, 6.07) is 53.6. The lowest BCUT2D eigenvalue weighted by molar-refractivity contribution is -0.381. The highest BCUT2D eigenvalue weighted by atomic mass is 16.8. The van der Waals surface area contributed by atoms with E-state index in [2.05, 4.69) is 16.6 Å². The van der Waals surface area contributed by atoms with E-state index in [1.165, 1.54) is 78.9 Å². The predicted molar refractivity (Wildman–Crippen MR) is 336 cm³/mol. The van der Waals surface area contributed by atoms with Crippen LogP contribution in [0.2, 0.25) is 0 Å². The first-order chi connectivity index (χ1) is 47.3. The fourth-order valence-corrected chi connectivity index (χ4v) is 11.2. The number of hydrogen-bond donors (Lipinski definition) is 0. The van der Waals surface area contributed by atoms with Crippen LogP contribution in [-0.2, 0) is 75.8 Å². The molecule has 0 amide bonds. The minimum absolute atomic E-state index is 0.00171. The minimum atomic E-state index is -2.16. The summed E-state index contributed by atoms with van der Waals surface area (Å²) >= 11 is 0. The second-order valence-corrected chi connectivity index (χ2v) is 22.3. The average molecular weight is 1320 g/mol. The Balaban J connectivity index is 1.07. The molecule has 4 aliphatic rings. The van der Waals surface area contributed by atoms with Crippen molar-refractivity contribution in [2.75, 3.05) is 26.4 Å². The Labute approximate surface area is 555 Å². The number of carbonyl (C=O) groups excluding carboxylic acids is 7. The van der Waals surface area contributed by atoms with E-state index < -0.39 is 153 Å². The van der Waals surface area contributed by atoms with Gasteiger partial charge in [-0.25, -0.2) is 28.8 Å². The lowest BCUT2D eigenvalue weighted by atomic mass is 9.94. The van der Waals surface area contributed by atoms with Crippen molar-refractivity contribution in [3.63, 3.8) is 0 Å². The smallest absolute Gasteiger partial charge is 0.338 e. The van der Waals surface area contributed by atoms with Crippen molar-refractivity contribution in [2.45, 2.75) is 105 Å². The third-order valence-electron chi connectivity index (χ3n) is 15.8. The van der Waals surface area contributed by atoms with Gasteiger partial charge >= 0.3 is 41.8 Å². The van der Waals surface area contributed by atoms with Gasteiger partial charge in [-0.15, -0.1) is 6.58 Å². The number of hydrogen-bond acceptors (Lipinski definition) is 23. The summed E-state index contributed by atoms with van der Waals surface area (Å²) in [6.07, 6.45) is -24.3. The van der Waals surface area contributed by atoms with Gasteiger partial charge in [-0.2, -0.15) is 0 Å². The highest BCUT2D eigenvalue weighted by Crippen LogP contribution is 2.41. The standard InChI is InChI=1S/C72H65N3O22/c1-3-39-83-71-61(93-67(81)48-33-19-8-20-34-48)59(91-65(79)46-29-15-6-16-30-46)57(51(89-71)40-84-63(77)44-25-11-4-12-26-44)97-72-62(94-68(82)49-35-21-9-22-36-49)60(92-66(80)47-31-17-7-18-32-47)56(52(90-72)41-85-64(78)45-27-13-5-14-28-45)96-70-54(74-75-73)58(87-43(2)76)55-53(88-70)42-86-69(95-55)50-37-23-10-24-38-50/h3-38,51-62,69-72H,1,39-42H2,2H3/t51-,52-,53-,54-,55+,56+,57-,58-,59+,60+,61-,62-,69?,70-,71-,72+/m1/s1. The summed E-state index contributed by atoms with van der Waals surface area (Å²) in [5.74, 6) is -6.68. The number of azide groups is 1. The number of ether oxygens (including phenoxy) is 15. The molecule has 0 radical (unpaired) electrons. The number of esters is 7. The van der Waals surface area contributed by atoms with E-state index in [4.69, 9.17) is 71.1 Å². The number of benzene rings is 7. The molecule has 4 heterocycles. The first-order valence-electron chi connectivity index (χ1n) is 30.9. The van der Waals surface area contributed by atoms with Crippen LogP contribution in [0.5, 0.6) is 0 Å². The Morgan fingerprint density at radius 3 is 1.23 bits per heavy atom. The Morgan fingerprint density at radius 2 is 0.825 bits per heavy atom. The molecule has 0 N–H and O–H groups in total. The molecule has 7 aromatic rings. The second-order valence-electron chi connectivity index (χ2n) is 22.3. The summed E-state index contributed by atoms with van der Waals surface area (Å²) in [6.45, 7) is 2.85. The molecule has 11 rings (SSSR count). The summed E-state index contributed by atoms with van der Waals surface area (Å²) in [4.78, 5) is 104.